The molecule has 0 unspecified atom stereocenters. The molecule has 37 heavy (non-hydrogen) atoms. The van der Waals surface area contributed by atoms with E-state index in [1.165, 1.54) is 37.4 Å². The second kappa shape index (κ2) is 10.7. The number of phenolic OH excluding ortho intramolecular Hbond substituents is 1. The Labute approximate surface area is 206 Å². The van der Waals surface area contributed by atoms with Crippen LogP contribution in [0, 0.1) is 6.92 Å². The first-order valence-electron chi connectivity index (χ1n) is 10.6. The van der Waals surface area contributed by atoms with E-state index in [4.69, 9.17) is 0 Å². The lowest BCUT2D eigenvalue weighted by Crippen LogP contribution is -2.32. The van der Waals surface area contributed by atoms with E-state index in [1.54, 1.807) is 12.1 Å². The van der Waals surface area contributed by atoms with Crippen LogP contribution in [-0.2, 0) is 6.42 Å². The van der Waals surface area contributed by atoms with Gasteiger partial charge in [-0.15, -0.1) is 20.4 Å². The number of H-pyrrole nitrogens is 2. The van der Waals surface area contributed by atoms with Crippen LogP contribution in [0.4, 0.5) is 11.9 Å². The van der Waals surface area contributed by atoms with Crippen molar-refractivity contribution in [3.05, 3.63) is 91.5 Å². The fraction of sp³-hybridized carbons (Fsp3) is 0.0952. The minimum Gasteiger partial charge on any atom is -0.507 e. The largest absolute Gasteiger partial charge is 0.507 e. The zero-order valence-electron chi connectivity index (χ0n) is 19.1. The van der Waals surface area contributed by atoms with E-state index in [9.17, 15) is 24.3 Å². The number of aromatic amines is 2. The Kier molecular flexibility index (Phi) is 7.09. The molecule has 2 amide bonds. The molecular formula is C21H19N11O5. The van der Waals surface area contributed by atoms with Gasteiger partial charge in [0.1, 0.15) is 22.8 Å². The van der Waals surface area contributed by atoms with Crippen molar-refractivity contribution in [2.45, 2.75) is 13.3 Å². The number of aromatic hydroxyl groups is 1. The van der Waals surface area contributed by atoms with Crippen LogP contribution in [0.1, 0.15) is 37.8 Å². The van der Waals surface area contributed by atoms with Gasteiger partial charge in [0.15, 0.2) is 0 Å². The molecule has 0 saturated heterocycles. The third kappa shape index (κ3) is 6.07. The molecule has 0 bridgehead atoms. The normalized spacial score (nSPS) is 10.4. The minimum atomic E-state index is -0.715. The van der Waals surface area contributed by atoms with Gasteiger partial charge in [0, 0.05) is 12.6 Å². The van der Waals surface area contributed by atoms with Gasteiger partial charge in [-0.1, -0.05) is 12.1 Å². The Hall–Kier alpha value is -5.67. The molecule has 1 aromatic carbocycles. The van der Waals surface area contributed by atoms with Crippen molar-refractivity contribution in [1.82, 2.24) is 46.2 Å². The SMILES string of the molecule is Cc1nnc(NNC(=O)c2ccc(Cc3nnc(NNC(=O)c4ccccn4)[nH]c3=O)cc2O)[nH]c1=O. The molecule has 188 valence electrons. The van der Waals surface area contributed by atoms with Crippen molar-refractivity contribution in [3.8, 4) is 5.75 Å². The fourth-order valence-corrected chi connectivity index (χ4v) is 2.91. The van der Waals surface area contributed by atoms with Gasteiger partial charge in [0.05, 0.1) is 5.56 Å². The number of nitrogens with zero attached hydrogens (tertiary/aromatic N) is 5. The molecule has 7 N–H and O–H groups in total. The summed E-state index contributed by atoms with van der Waals surface area (Å²) in [6.07, 6.45) is 1.46. The third-order valence-electron chi connectivity index (χ3n) is 4.79. The standard InChI is InChI=1S/C21H19N11O5/c1-10-16(34)23-20(29-25-10)31-27-17(35)12-6-5-11(9-15(12)33)8-14-18(36)24-21(30-26-14)32-28-19(37)13-4-2-3-7-22-13/h2-7,9,33H,8H2,1H3,(H,27,35)(H,28,37)(H2,23,29,31,34)(H2,24,30,32,36). The second-order valence-electron chi connectivity index (χ2n) is 7.44. The summed E-state index contributed by atoms with van der Waals surface area (Å²) in [5.74, 6) is -1.80. The Morgan fingerprint density at radius 1 is 0.892 bits per heavy atom. The lowest BCUT2D eigenvalue weighted by Gasteiger charge is -2.10. The van der Waals surface area contributed by atoms with E-state index in [2.05, 4.69) is 57.0 Å². The van der Waals surface area contributed by atoms with E-state index >= 15 is 0 Å². The predicted octanol–water partition coefficient (Wildman–Crippen LogP) is -0.843. The highest BCUT2D eigenvalue weighted by Gasteiger charge is 2.14. The molecule has 0 aliphatic heterocycles. The van der Waals surface area contributed by atoms with Crippen molar-refractivity contribution < 1.29 is 14.7 Å². The number of nitrogens with one attached hydrogen (secondary N) is 6. The maximum absolute atomic E-state index is 12.4. The summed E-state index contributed by atoms with van der Waals surface area (Å²) in [5.41, 5.74) is 9.14. The number of anilines is 2. The monoisotopic (exact) mass is 505 g/mol. The summed E-state index contributed by atoms with van der Waals surface area (Å²) in [6, 6.07) is 8.98. The summed E-state index contributed by atoms with van der Waals surface area (Å²) < 4.78 is 0. The smallest absolute Gasteiger partial charge is 0.288 e. The van der Waals surface area contributed by atoms with Crippen molar-refractivity contribution in [1.29, 1.82) is 0 Å². The first kappa shape index (κ1) is 24.5. The maximum Gasteiger partial charge on any atom is 0.288 e. The molecule has 16 heteroatoms. The van der Waals surface area contributed by atoms with Crippen LogP contribution in [0.5, 0.6) is 5.75 Å². The minimum absolute atomic E-state index is 0.00317. The number of hydrogen-bond donors (Lipinski definition) is 7. The van der Waals surface area contributed by atoms with E-state index in [0.29, 0.717) is 5.56 Å². The molecule has 4 rings (SSSR count). The van der Waals surface area contributed by atoms with Crippen molar-refractivity contribution >= 4 is 23.7 Å². The van der Waals surface area contributed by atoms with E-state index in [0.717, 1.165) is 0 Å². The number of rotatable bonds is 8. The van der Waals surface area contributed by atoms with Gasteiger partial charge in [-0.25, -0.2) is 0 Å². The number of hydrazine groups is 2. The molecule has 16 nitrogen and oxygen atoms in total. The van der Waals surface area contributed by atoms with Gasteiger partial charge in [-0.2, -0.15) is 0 Å². The van der Waals surface area contributed by atoms with E-state index < -0.39 is 22.9 Å². The quantitative estimate of drug-likeness (QED) is 0.145. The number of phenols is 1. The summed E-state index contributed by atoms with van der Waals surface area (Å²) in [5, 5.41) is 25.2. The van der Waals surface area contributed by atoms with Crippen LogP contribution in [0.3, 0.4) is 0 Å². The summed E-state index contributed by atoms with van der Waals surface area (Å²) >= 11 is 0. The lowest BCUT2D eigenvalue weighted by molar-refractivity contribution is 0.0950. The number of aromatic nitrogens is 7. The number of hydrogen-bond acceptors (Lipinski definition) is 12. The van der Waals surface area contributed by atoms with Gasteiger partial charge in [0.2, 0.25) is 11.9 Å². The molecule has 3 aromatic heterocycles. The van der Waals surface area contributed by atoms with E-state index in [-0.39, 0.29) is 46.7 Å². The van der Waals surface area contributed by atoms with Crippen LogP contribution in [0.2, 0.25) is 0 Å². The number of aryl methyl sites for hydroxylation is 1. The highest BCUT2D eigenvalue weighted by molar-refractivity contribution is 5.97. The van der Waals surface area contributed by atoms with Gasteiger partial charge >= 0.3 is 0 Å². The molecule has 0 saturated carbocycles. The average molecular weight is 505 g/mol. The number of carbonyl (C=O) groups is 2. The number of benzene rings is 1. The topological polar surface area (TPSA) is 233 Å². The Morgan fingerprint density at radius 2 is 1.59 bits per heavy atom. The molecule has 0 radical (unpaired) electrons. The van der Waals surface area contributed by atoms with Crippen LogP contribution in [-0.4, -0.2) is 52.3 Å². The van der Waals surface area contributed by atoms with Crippen molar-refractivity contribution in [3.63, 3.8) is 0 Å². The Balaban J connectivity index is 1.36. The second-order valence-corrected chi connectivity index (χ2v) is 7.44. The summed E-state index contributed by atoms with van der Waals surface area (Å²) in [4.78, 5) is 57.0. The third-order valence-corrected chi connectivity index (χ3v) is 4.79. The van der Waals surface area contributed by atoms with Crippen LogP contribution < -0.4 is 32.8 Å². The van der Waals surface area contributed by atoms with Crippen LogP contribution in [0.25, 0.3) is 0 Å². The molecule has 0 atom stereocenters. The summed E-state index contributed by atoms with van der Waals surface area (Å²) in [7, 11) is 0. The van der Waals surface area contributed by atoms with Crippen LogP contribution in [0.15, 0.2) is 52.2 Å². The lowest BCUT2D eigenvalue weighted by atomic mass is 10.1. The van der Waals surface area contributed by atoms with Crippen LogP contribution >= 0.6 is 0 Å². The zero-order chi connectivity index (χ0) is 26.4. The molecule has 0 fully saturated rings. The molecule has 0 aliphatic rings. The predicted molar refractivity (Wildman–Crippen MR) is 127 cm³/mol. The molecule has 0 aliphatic carbocycles. The van der Waals surface area contributed by atoms with Gasteiger partial charge in [-0.3, -0.25) is 55.8 Å². The number of amides is 2. The van der Waals surface area contributed by atoms with Gasteiger partial charge in [-0.05, 0) is 36.8 Å². The number of pyridine rings is 1. The average Bonchev–Trinajstić information content (AvgIpc) is 2.89. The Morgan fingerprint density at radius 3 is 2.24 bits per heavy atom. The molecule has 3 heterocycles. The van der Waals surface area contributed by atoms with Gasteiger partial charge in [0.25, 0.3) is 22.9 Å². The fourth-order valence-electron chi connectivity index (χ4n) is 2.91. The molecule has 4 aromatic rings. The zero-order valence-corrected chi connectivity index (χ0v) is 19.1. The Bertz CT molecular complexity index is 1570. The van der Waals surface area contributed by atoms with Crippen molar-refractivity contribution in [2.24, 2.45) is 0 Å². The molecular weight excluding hydrogens is 486 g/mol. The molecule has 0 spiro atoms. The summed E-state index contributed by atoms with van der Waals surface area (Å²) in [6.45, 7) is 1.48. The van der Waals surface area contributed by atoms with Gasteiger partial charge < -0.3 is 5.11 Å². The highest BCUT2D eigenvalue weighted by atomic mass is 16.3. The van der Waals surface area contributed by atoms with Crippen molar-refractivity contribution in [2.75, 3.05) is 10.9 Å². The van der Waals surface area contributed by atoms with E-state index in [1.807, 2.05) is 0 Å². The number of carbonyl (C=O) groups excluding carboxylic acids is 2. The highest BCUT2D eigenvalue weighted by Crippen LogP contribution is 2.20. The maximum atomic E-state index is 12.4. The first-order valence-corrected chi connectivity index (χ1v) is 10.6. The first-order chi connectivity index (χ1) is 17.8.